The minimum atomic E-state index is 0.631. The lowest BCUT2D eigenvalue weighted by atomic mass is 10.2. The van der Waals surface area contributed by atoms with E-state index in [1.54, 1.807) is 7.11 Å². The molecule has 0 aliphatic heterocycles. The average Bonchev–Trinajstić information content (AvgIpc) is 2.73. The summed E-state index contributed by atoms with van der Waals surface area (Å²) in [6.45, 7) is 0.631. The molecule has 0 aliphatic rings. The number of hydrogen-bond donors (Lipinski definition) is 0. The summed E-state index contributed by atoms with van der Waals surface area (Å²) in [7, 11) is 1.66. The number of benzene rings is 3. The Morgan fingerprint density at radius 1 is 0.741 bits per heavy atom. The number of methoxy groups -OCH3 is 1. The highest BCUT2D eigenvalue weighted by Crippen LogP contribution is 2.23. The zero-order chi connectivity index (χ0) is 18.7. The van der Waals surface area contributed by atoms with Crippen molar-refractivity contribution >= 4 is 0 Å². The fraction of sp³-hybridized carbons (Fsp3) is 0.167. The van der Waals surface area contributed by atoms with Crippen LogP contribution in [0.3, 0.4) is 0 Å². The lowest BCUT2D eigenvalue weighted by Gasteiger charge is -2.08. The Hall–Kier alpha value is -3.38. The van der Waals surface area contributed by atoms with Crippen molar-refractivity contribution in [1.29, 1.82) is 0 Å². The predicted molar refractivity (Wildman–Crippen MR) is 108 cm³/mol. The van der Waals surface area contributed by atoms with E-state index < -0.39 is 0 Å². The van der Waals surface area contributed by atoms with Crippen LogP contribution in [0.2, 0.25) is 0 Å². The fourth-order valence-electron chi connectivity index (χ4n) is 2.44. The molecular weight excluding hydrogens is 336 g/mol. The molecule has 0 unspecified atom stereocenters. The zero-order valence-electron chi connectivity index (χ0n) is 15.4. The van der Waals surface area contributed by atoms with E-state index in [1.807, 2.05) is 78.9 Å². The number of rotatable bonds is 7. The summed E-state index contributed by atoms with van der Waals surface area (Å²) < 4.78 is 16.7. The van der Waals surface area contributed by atoms with E-state index >= 15 is 0 Å². The summed E-state index contributed by atoms with van der Waals surface area (Å²) in [5.41, 5.74) is 0.962. The van der Waals surface area contributed by atoms with E-state index in [-0.39, 0.29) is 0 Å². The highest BCUT2D eigenvalue weighted by Gasteiger charge is 1.98. The number of hydrogen-bond acceptors (Lipinski definition) is 3. The second-order valence-electron chi connectivity index (χ2n) is 5.87. The first-order valence-corrected chi connectivity index (χ1v) is 8.92. The molecule has 3 aromatic rings. The molecule has 0 saturated carbocycles. The van der Waals surface area contributed by atoms with Gasteiger partial charge in [-0.05, 0) is 61.0 Å². The van der Waals surface area contributed by atoms with Gasteiger partial charge in [0.2, 0.25) is 0 Å². The van der Waals surface area contributed by atoms with Gasteiger partial charge in [-0.25, -0.2) is 0 Å². The van der Waals surface area contributed by atoms with Gasteiger partial charge in [-0.1, -0.05) is 36.1 Å². The molecule has 136 valence electrons. The van der Waals surface area contributed by atoms with Crippen molar-refractivity contribution in [2.24, 2.45) is 0 Å². The largest absolute Gasteiger partial charge is 0.497 e. The van der Waals surface area contributed by atoms with Crippen LogP contribution in [0.1, 0.15) is 18.4 Å². The first kappa shape index (κ1) is 18.4. The first-order chi connectivity index (χ1) is 13.3. The molecule has 0 bridgehead atoms. The number of ether oxygens (including phenoxy) is 3. The van der Waals surface area contributed by atoms with Gasteiger partial charge in [-0.15, -0.1) is 0 Å². The van der Waals surface area contributed by atoms with E-state index in [4.69, 9.17) is 14.2 Å². The molecule has 0 N–H and O–H groups in total. The van der Waals surface area contributed by atoms with E-state index in [0.717, 1.165) is 41.4 Å². The van der Waals surface area contributed by atoms with Gasteiger partial charge in [-0.3, -0.25) is 0 Å². The van der Waals surface area contributed by atoms with Crippen LogP contribution in [0.25, 0.3) is 0 Å². The Morgan fingerprint density at radius 2 is 1.44 bits per heavy atom. The Kier molecular flexibility index (Phi) is 6.78. The first-order valence-electron chi connectivity index (χ1n) is 8.92. The molecule has 0 radical (unpaired) electrons. The minimum Gasteiger partial charge on any atom is -0.497 e. The third-order valence-corrected chi connectivity index (χ3v) is 3.82. The molecule has 0 aliphatic carbocycles. The zero-order valence-corrected chi connectivity index (χ0v) is 15.4. The van der Waals surface area contributed by atoms with Crippen molar-refractivity contribution in [2.75, 3.05) is 13.7 Å². The molecule has 3 rings (SSSR count). The second kappa shape index (κ2) is 9.94. The van der Waals surface area contributed by atoms with Crippen molar-refractivity contribution in [3.05, 3.63) is 84.4 Å². The monoisotopic (exact) mass is 358 g/mol. The summed E-state index contributed by atoms with van der Waals surface area (Å²) in [4.78, 5) is 0. The molecule has 0 atom stereocenters. The molecular formula is C24H22O3. The SMILES string of the molecule is COc1cccc(C#CCCCOc2ccc(Oc3ccccc3)cc2)c1. The van der Waals surface area contributed by atoms with E-state index in [2.05, 4.69) is 11.8 Å². The smallest absolute Gasteiger partial charge is 0.127 e. The van der Waals surface area contributed by atoms with Crippen LogP contribution in [0, 0.1) is 11.8 Å². The van der Waals surface area contributed by atoms with Crippen LogP contribution in [-0.2, 0) is 0 Å². The third-order valence-electron chi connectivity index (χ3n) is 3.82. The predicted octanol–water partition coefficient (Wildman–Crippen LogP) is 5.70. The highest BCUT2D eigenvalue weighted by atomic mass is 16.5. The molecule has 0 heterocycles. The van der Waals surface area contributed by atoms with Crippen molar-refractivity contribution in [3.8, 4) is 34.8 Å². The van der Waals surface area contributed by atoms with Crippen molar-refractivity contribution in [1.82, 2.24) is 0 Å². The van der Waals surface area contributed by atoms with Gasteiger partial charge >= 0.3 is 0 Å². The molecule has 0 saturated heterocycles. The summed E-state index contributed by atoms with van der Waals surface area (Å²) >= 11 is 0. The van der Waals surface area contributed by atoms with Gasteiger partial charge in [-0.2, -0.15) is 0 Å². The standard InChI is InChI=1S/C24H22O3/c1-25-24-13-8-10-20(19-24)9-4-3-7-18-26-21-14-16-23(17-15-21)27-22-11-5-2-6-12-22/h2,5-6,8,10-17,19H,3,7,18H2,1H3. The number of unbranched alkanes of at least 4 members (excludes halogenated alkanes) is 1. The molecule has 0 fully saturated rings. The Bertz CT molecular complexity index is 890. The lowest BCUT2D eigenvalue weighted by Crippen LogP contribution is -1.96. The summed E-state index contributed by atoms with van der Waals surface area (Å²) in [6, 6.07) is 25.1. The van der Waals surface area contributed by atoms with Gasteiger partial charge < -0.3 is 14.2 Å². The van der Waals surface area contributed by atoms with Crippen LogP contribution in [0.4, 0.5) is 0 Å². The number of para-hydroxylation sites is 1. The van der Waals surface area contributed by atoms with E-state index in [9.17, 15) is 0 Å². The minimum absolute atomic E-state index is 0.631. The summed E-state index contributed by atoms with van der Waals surface area (Å²) in [5, 5.41) is 0. The molecule has 27 heavy (non-hydrogen) atoms. The van der Waals surface area contributed by atoms with Crippen LogP contribution in [-0.4, -0.2) is 13.7 Å². The van der Waals surface area contributed by atoms with E-state index in [0.29, 0.717) is 6.61 Å². The van der Waals surface area contributed by atoms with E-state index in [1.165, 1.54) is 0 Å². The van der Waals surface area contributed by atoms with Gasteiger partial charge in [0.15, 0.2) is 0 Å². The average molecular weight is 358 g/mol. The van der Waals surface area contributed by atoms with Gasteiger partial charge in [0.25, 0.3) is 0 Å². The van der Waals surface area contributed by atoms with Gasteiger partial charge in [0.05, 0.1) is 13.7 Å². The maximum atomic E-state index is 5.77. The molecule has 0 aromatic heterocycles. The summed E-state index contributed by atoms with van der Waals surface area (Å²) in [5.74, 6) is 9.58. The second-order valence-corrected chi connectivity index (χ2v) is 5.87. The molecule has 3 aromatic carbocycles. The molecule has 3 nitrogen and oxygen atoms in total. The van der Waals surface area contributed by atoms with Crippen molar-refractivity contribution < 1.29 is 14.2 Å². The maximum Gasteiger partial charge on any atom is 0.127 e. The molecule has 0 amide bonds. The lowest BCUT2D eigenvalue weighted by molar-refractivity contribution is 0.312. The van der Waals surface area contributed by atoms with Crippen LogP contribution in [0.15, 0.2) is 78.9 Å². The molecule has 3 heteroatoms. The maximum absolute atomic E-state index is 5.77. The van der Waals surface area contributed by atoms with Crippen LogP contribution < -0.4 is 14.2 Å². The molecule has 0 spiro atoms. The van der Waals surface area contributed by atoms with Crippen molar-refractivity contribution in [3.63, 3.8) is 0 Å². The Labute approximate surface area is 160 Å². The van der Waals surface area contributed by atoms with Gasteiger partial charge in [0.1, 0.15) is 23.0 Å². The van der Waals surface area contributed by atoms with Gasteiger partial charge in [0, 0.05) is 12.0 Å². The summed E-state index contributed by atoms with van der Waals surface area (Å²) in [6.07, 6.45) is 1.66. The third kappa shape index (κ3) is 6.13. The van der Waals surface area contributed by atoms with Crippen LogP contribution in [0.5, 0.6) is 23.0 Å². The quantitative estimate of drug-likeness (QED) is 0.401. The highest BCUT2D eigenvalue weighted by molar-refractivity contribution is 5.39. The topological polar surface area (TPSA) is 27.7 Å². The fourth-order valence-corrected chi connectivity index (χ4v) is 2.44. The normalized spacial score (nSPS) is 9.81. The Morgan fingerprint density at radius 3 is 2.22 bits per heavy atom. The Balaban J connectivity index is 1.40. The van der Waals surface area contributed by atoms with Crippen LogP contribution >= 0.6 is 0 Å². The van der Waals surface area contributed by atoms with Crippen molar-refractivity contribution in [2.45, 2.75) is 12.8 Å².